The number of thiophene rings is 1. The van der Waals surface area contributed by atoms with Gasteiger partial charge in [-0.15, -0.1) is 22.7 Å². The number of rotatable bonds is 4. The molecule has 0 aliphatic rings. The van der Waals surface area contributed by atoms with Gasteiger partial charge in [0.15, 0.2) is 0 Å². The zero-order chi connectivity index (χ0) is 11.6. The molecular weight excluding hydrogens is 236 g/mol. The van der Waals surface area contributed by atoms with E-state index in [4.69, 9.17) is 4.98 Å². The van der Waals surface area contributed by atoms with Gasteiger partial charge in [0.25, 0.3) is 0 Å². The number of aromatic nitrogens is 1. The molecule has 0 saturated carbocycles. The summed E-state index contributed by atoms with van der Waals surface area (Å²) in [5.41, 5.74) is 1.27. The quantitative estimate of drug-likeness (QED) is 0.902. The molecule has 0 fully saturated rings. The highest BCUT2D eigenvalue weighted by Gasteiger charge is 2.23. The number of nitrogens with zero attached hydrogens (tertiary/aromatic N) is 1. The van der Waals surface area contributed by atoms with Crippen LogP contribution in [0.25, 0.3) is 9.88 Å². The molecule has 0 aliphatic carbocycles. The Labute approximate surface area is 104 Å². The first kappa shape index (κ1) is 11.8. The highest BCUT2D eigenvalue weighted by Crippen LogP contribution is 2.31. The summed E-state index contributed by atoms with van der Waals surface area (Å²) >= 11 is 3.48. The summed E-state index contributed by atoms with van der Waals surface area (Å²) < 4.78 is 0. The summed E-state index contributed by atoms with van der Waals surface area (Å²) in [4.78, 5) is 5.99. The third-order valence-electron chi connectivity index (χ3n) is 2.55. The number of hydrogen-bond donors (Lipinski definition) is 1. The first-order chi connectivity index (χ1) is 7.63. The summed E-state index contributed by atoms with van der Waals surface area (Å²) in [6.07, 6.45) is 0. The maximum Gasteiger partial charge on any atom is 0.133 e. The van der Waals surface area contributed by atoms with E-state index < -0.39 is 0 Å². The largest absolute Gasteiger partial charge is 0.319 e. The van der Waals surface area contributed by atoms with E-state index in [0.717, 1.165) is 11.6 Å². The molecule has 0 spiro atoms. The molecule has 0 aromatic carbocycles. The van der Waals surface area contributed by atoms with Gasteiger partial charge in [-0.1, -0.05) is 19.9 Å². The topological polar surface area (TPSA) is 24.9 Å². The Hall–Kier alpha value is -0.710. The Balaban J connectivity index is 2.26. The number of thiazole rings is 1. The summed E-state index contributed by atoms with van der Waals surface area (Å²) in [5.74, 6) is 0. The fourth-order valence-electron chi connectivity index (χ4n) is 1.63. The highest BCUT2D eigenvalue weighted by atomic mass is 32.1. The lowest BCUT2D eigenvalue weighted by Gasteiger charge is -2.21. The zero-order valence-corrected chi connectivity index (χ0v) is 11.4. The zero-order valence-electron chi connectivity index (χ0n) is 9.78. The van der Waals surface area contributed by atoms with Gasteiger partial charge in [-0.05, 0) is 18.5 Å². The molecule has 0 unspecified atom stereocenters. The Morgan fingerprint density at radius 3 is 2.81 bits per heavy atom. The molecule has 0 amide bonds. The van der Waals surface area contributed by atoms with Crippen LogP contribution >= 0.6 is 22.7 Å². The average molecular weight is 252 g/mol. The van der Waals surface area contributed by atoms with Crippen LogP contribution in [0.5, 0.6) is 0 Å². The minimum Gasteiger partial charge on any atom is -0.319 e. The van der Waals surface area contributed by atoms with E-state index in [1.807, 2.05) is 7.05 Å². The second kappa shape index (κ2) is 4.65. The first-order valence-corrected chi connectivity index (χ1v) is 7.04. The van der Waals surface area contributed by atoms with Crippen molar-refractivity contribution in [2.24, 2.45) is 0 Å². The van der Waals surface area contributed by atoms with Gasteiger partial charge < -0.3 is 5.32 Å². The lowest BCUT2D eigenvalue weighted by molar-refractivity contribution is 0.483. The molecule has 0 bridgehead atoms. The molecule has 2 aromatic heterocycles. The minimum atomic E-state index is 0.0980. The number of nitrogens with one attached hydrogen (secondary N) is 1. The normalized spacial score (nSPS) is 11.9. The van der Waals surface area contributed by atoms with E-state index in [1.165, 1.54) is 10.6 Å². The molecule has 0 atom stereocenters. The van der Waals surface area contributed by atoms with Crippen molar-refractivity contribution in [3.8, 4) is 9.88 Å². The second-order valence-electron chi connectivity index (χ2n) is 4.43. The monoisotopic (exact) mass is 252 g/mol. The van der Waals surface area contributed by atoms with E-state index in [9.17, 15) is 0 Å². The summed E-state index contributed by atoms with van der Waals surface area (Å²) in [5, 5.41) is 8.62. The van der Waals surface area contributed by atoms with Crippen LogP contribution in [0.3, 0.4) is 0 Å². The third-order valence-corrected chi connectivity index (χ3v) is 4.43. The van der Waals surface area contributed by atoms with E-state index in [0.29, 0.717) is 0 Å². The van der Waals surface area contributed by atoms with Crippen LogP contribution in [-0.2, 0) is 5.41 Å². The van der Waals surface area contributed by atoms with Crippen LogP contribution in [0.1, 0.15) is 19.5 Å². The van der Waals surface area contributed by atoms with Gasteiger partial charge in [0.2, 0.25) is 0 Å². The van der Waals surface area contributed by atoms with Crippen LogP contribution in [0, 0.1) is 0 Å². The molecule has 86 valence electrons. The number of likely N-dealkylation sites (N-methyl/N-ethyl adjacent to an activating group) is 1. The highest BCUT2D eigenvalue weighted by molar-refractivity contribution is 7.20. The van der Waals surface area contributed by atoms with Gasteiger partial charge in [0.05, 0.1) is 10.6 Å². The molecular formula is C12H16N2S2. The van der Waals surface area contributed by atoms with E-state index in [1.54, 1.807) is 22.7 Å². The Morgan fingerprint density at radius 2 is 2.19 bits per heavy atom. The van der Waals surface area contributed by atoms with E-state index in [2.05, 4.69) is 42.1 Å². The average Bonchev–Trinajstić information content (AvgIpc) is 2.89. The molecule has 2 nitrogen and oxygen atoms in total. The van der Waals surface area contributed by atoms with Gasteiger partial charge in [-0.2, -0.15) is 0 Å². The van der Waals surface area contributed by atoms with Gasteiger partial charge >= 0.3 is 0 Å². The van der Waals surface area contributed by atoms with Crippen LogP contribution in [0.4, 0.5) is 0 Å². The van der Waals surface area contributed by atoms with Crippen molar-refractivity contribution in [2.45, 2.75) is 19.3 Å². The maximum absolute atomic E-state index is 4.73. The molecule has 2 aromatic rings. The van der Waals surface area contributed by atoms with E-state index in [-0.39, 0.29) is 5.41 Å². The van der Waals surface area contributed by atoms with E-state index >= 15 is 0 Å². The van der Waals surface area contributed by atoms with Gasteiger partial charge in [-0.25, -0.2) is 4.98 Å². The fraction of sp³-hybridized carbons (Fsp3) is 0.417. The summed E-state index contributed by atoms with van der Waals surface area (Å²) in [7, 11) is 1.98. The smallest absolute Gasteiger partial charge is 0.133 e. The minimum absolute atomic E-state index is 0.0980. The van der Waals surface area contributed by atoms with Crippen LogP contribution in [0.2, 0.25) is 0 Å². The second-order valence-corrected chi connectivity index (χ2v) is 6.24. The van der Waals surface area contributed by atoms with Crippen molar-refractivity contribution in [2.75, 3.05) is 13.6 Å². The number of hydrogen-bond acceptors (Lipinski definition) is 4. The maximum atomic E-state index is 4.73. The SMILES string of the molecule is CNCC(C)(C)c1csc(-c2cccs2)n1. The van der Waals surface area contributed by atoms with Crippen molar-refractivity contribution >= 4 is 22.7 Å². The van der Waals surface area contributed by atoms with Crippen molar-refractivity contribution in [1.82, 2.24) is 10.3 Å². The Morgan fingerprint density at radius 1 is 1.38 bits per heavy atom. The van der Waals surface area contributed by atoms with Crippen molar-refractivity contribution in [1.29, 1.82) is 0 Å². The fourth-order valence-corrected chi connectivity index (χ4v) is 3.46. The van der Waals surface area contributed by atoms with Crippen molar-refractivity contribution in [3.05, 3.63) is 28.6 Å². The summed E-state index contributed by atoms with van der Waals surface area (Å²) in [6, 6.07) is 4.19. The van der Waals surface area contributed by atoms with Crippen LogP contribution < -0.4 is 5.32 Å². The lowest BCUT2D eigenvalue weighted by atomic mass is 9.90. The van der Waals surface area contributed by atoms with Crippen molar-refractivity contribution in [3.63, 3.8) is 0 Å². The van der Waals surface area contributed by atoms with Crippen LogP contribution in [0.15, 0.2) is 22.9 Å². The predicted octanol–water partition coefficient (Wildman–Crippen LogP) is 3.37. The molecule has 0 saturated heterocycles. The lowest BCUT2D eigenvalue weighted by Crippen LogP contribution is -2.30. The first-order valence-electron chi connectivity index (χ1n) is 5.28. The predicted molar refractivity (Wildman–Crippen MR) is 72.4 cm³/mol. The molecule has 4 heteroatoms. The molecule has 2 rings (SSSR count). The van der Waals surface area contributed by atoms with Gasteiger partial charge in [0.1, 0.15) is 5.01 Å². The molecule has 1 N–H and O–H groups in total. The Kier molecular flexibility index (Phi) is 3.42. The van der Waals surface area contributed by atoms with Crippen molar-refractivity contribution < 1.29 is 0 Å². The molecule has 16 heavy (non-hydrogen) atoms. The Bertz CT molecular complexity index is 443. The molecule has 2 heterocycles. The molecule has 0 aliphatic heterocycles. The van der Waals surface area contributed by atoms with Gasteiger partial charge in [0, 0.05) is 17.3 Å². The van der Waals surface area contributed by atoms with Crippen LogP contribution in [-0.4, -0.2) is 18.6 Å². The molecule has 0 radical (unpaired) electrons. The van der Waals surface area contributed by atoms with Gasteiger partial charge in [-0.3, -0.25) is 0 Å². The standard InChI is InChI=1S/C12H16N2S2/c1-12(2,8-13-3)10-7-16-11(14-10)9-5-4-6-15-9/h4-7,13H,8H2,1-3H3. The third kappa shape index (κ3) is 2.34. The summed E-state index contributed by atoms with van der Waals surface area (Å²) in [6.45, 7) is 5.38.